The molecule has 0 aliphatic heterocycles. The molecule has 0 aliphatic rings. The number of unbranched alkanes of at least 4 members (excludes halogenated alkanes) is 4. The topological polar surface area (TPSA) is 76.4 Å². The minimum atomic E-state index is -0.672. The zero-order chi connectivity index (χ0) is 16.9. The molecule has 0 bridgehead atoms. The maximum atomic E-state index is 11.5. The van der Waals surface area contributed by atoms with Gasteiger partial charge in [0, 0.05) is 12.2 Å². The lowest BCUT2D eigenvalue weighted by atomic mass is 10.2. The Morgan fingerprint density at radius 3 is 2.35 bits per heavy atom. The lowest BCUT2D eigenvalue weighted by molar-refractivity contribution is -0.138. The van der Waals surface area contributed by atoms with Gasteiger partial charge in [0.1, 0.15) is 5.75 Å². The van der Waals surface area contributed by atoms with Gasteiger partial charge in [-0.05, 0) is 30.7 Å². The van der Waals surface area contributed by atoms with Gasteiger partial charge >= 0.3 is 11.9 Å². The van der Waals surface area contributed by atoms with E-state index in [1.54, 1.807) is 12.1 Å². The van der Waals surface area contributed by atoms with E-state index in [0.717, 1.165) is 31.4 Å². The fraction of sp³-hybridized carbons (Fsp3) is 0.389. The predicted molar refractivity (Wildman–Crippen MR) is 85.7 cm³/mol. The van der Waals surface area contributed by atoms with Crippen molar-refractivity contribution in [3.63, 3.8) is 0 Å². The molecule has 0 saturated heterocycles. The third kappa shape index (κ3) is 8.42. The predicted octanol–water partition coefficient (Wildman–Crippen LogP) is 3.53. The smallest absolute Gasteiger partial charge is 0.336 e. The average molecular weight is 315 g/mol. The Bertz CT molecular complexity index is 570. The average Bonchev–Trinajstić information content (AvgIpc) is 2.57. The van der Waals surface area contributed by atoms with Gasteiger partial charge < -0.3 is 9.47 Å². The number of carbonyl (C=O) groups is 2. The summed E-state index contributed by atoms with van der Waals surface area (Å²) in [5.41, 5.74) is 0.475. The molecule has 1 aromatic carbocycles. The monoisotopic (exact) mass is 315 g/mol. The van der Waals surface area contributed by atoms with E-state index >= 15 is 0 Å². The minimum Gasteiger partial charge on any atom is -0.463 e. The molecule has 0 unspecified atom stereocenters. The van der Waals surface area contributed by atoms with Gasteiger partial charge in [-0.1, -0.05) is 32.6 Å². The molecular weight excluding hydrogens is 294 g/mol. The molecule has 5 nitrogen and oxygen atoms in total. The van der Waals surface area contributed by atoms with Gasteiger partial charge in [0.2, 0.25) is 0 Å². The SMILES string of the molecule is CCCCCCCOC(=O)/C=C/C(=O)Oc1ccc(C#N)cc1. The van der Waals surface area contributed by atoms with E-state index < -0.39 is 11.9 Å². The van der Waals surface area contributed by atoms with Crippen LogP contribution in [0.5, 0.6) is 5.75 Å². The molecule has 0 heterocycles. The van der Waals surface area contributed by atoms with E-state index in [-0.39, 0.29) is 0 Å². The molecule has 0 N–H and O–H groups in total. The maximum absolute atomic E-state index is 11.5. The Labute approximate surface area is 136 Å². The van der Waals surface area contributed by atoms with Crippen LogP contribution in [0.3, 0.4) is 0 Å². The first-order chi connectivity index (χ1) is 11.2. The van der Waals surface area contributed by atoms with Crippen LogP contribution in [0.1, 0.15) is 44.6 Å². The summed E-state index contributed by atoms with van der Waals surface area (Å²) < 4.78 is 9.97. The van der Waals surface area contributed by atoms with E-state index in [1.807, 2.05) is 6.07 Å². The molecule has 0 atom stereocenters. The molecule has 122 valence electrons. The number of carbonyl (C=O) groups excluding carboxylic acids is 2. The van der Waals surface area contributed by atoms with Gasteiger partial charge in [-0.25, -0.2) is 9.59 Å². The van der Waals surface area contributed by atoms with Gasteiger partial charge in [-0.15, -0.1) is 0 Å². The highest BCUT2D eigenvalue weighted by Gasteiger charge is 2.03. The molecule has 1 rings (SSSR count). The van der Waals surface area contributed by atoms with Crippen LogP contribution < -0.4 is 4.74 Å². The highest BCUT2D eigenvalue weighted by molar-refractivity contribution is 5.92. The van der Waals surface area contributed by atoms with Crippen LogP contribution in [0.15, 0.2) is 36.4 Å². The molecule has 0 radical (unpaired) electrons. The molecule has 0 spiro atoms. The van der Waals surface area contributed by atoms with Crippen molar-refractivity contribution in [1.29, 1.82) is 5.26 Å². The maximum Gasteiger partial charge on any atom is 0.336 e. The second-order valence-electron chi connectivity index (χ2n) is 4.97. The van der Waals surface area contributed by atoms with Crippen molar-refractivity contribution < 1.29 is 19.1 Å². The minimum absolute atomic E-state index is 0.308. The van der Waals surface area contributed by atoms with Crippen LogP contribution in [-0.4, -0.2) is 18.5 Å². The number of hydrogen-bond acceptors (Lipinski definition) is 5. The zero-order valence-corrected chi connectivity index (χ0v) is 13.3. The highest BCUT2D eigenvalue weighted by atomic mass is 16.5. The quantitative estimate of drug-likeness (QED) is 0.301. The van der Waals surface area contributed by atoms with E-state index in [4.69, 9.17) is 14.7 Å². The number of esters is 2. The van der Waals surface area contributed by atoms with Crippen molar-refractivity contribution in [1.82, 2.24) is 0 Å². The van der Waals surface area contributed by atoms with Crippen molar-refractivity contribution in [2.24, 2.45) is 0 Å². The van der Waals surface area contributed by atoms with E-state index in [1.165, 1.54) is 25.0 Å². The van der Waals surface area contributed by atoms with Crippen LogP contribution in [0.25, 0.3) is 0 Å². The van der Waals surface area contributed by atoms with Crippen molar-refractivity contribution in [3.8, 4) is 11.8 Å². The molecule has 0 fully saturated rings. The molecule has 0 amide bonds. The summed E-state index contributed by atoms with van der Waals surface area (Å²) in [5, 5.41) is 8.67. The van der Waals surface area contributed by atoms with Gasteiger partial charge in [0.05, 0.1) is 18.2 Å². The number of nitrogens with zero attached hydrogens (tertiary/aromatic N) is 1. The molecule has 0 aromatic heterocycles. The van der Waals surface area contributed by atoms with Crippen molar-refractivity contribution >= 4 is 11.9 Å². The Kier molecular flexibility index (Phi) is 8.84. The van der Waals surface area contributed by atoms with Crippen molar-refractivity contribution in [3.05, 3.63) is 42.0 Å². The van der Waals surface area contributed by atoms with Crippen LogP contribution in [0.4, 0.5) is 0 Å². The summed E-state index contributed by atoms with van der Waals surface area (Å²) in [5.74, 6) is -0.921. The summed E-state index contributed by atoms with van der Waals surface area (Å²) in [6.45, 7) is 2.50. The van der Waals surface area contributed by atoms with Gasteiger partial charge in [-0.3, -0.25) is 0 Å². The lowest BCUT2D eigenvalue weighted by Gasteiger charge is -2.02. The summed E-state index contributed by atoms with van der Waals surface area (Å²) in [6.07, 6.45) is 7.44. The first-order valence-corrected chi connectivity index (χ1v) is 7.72. The third-order valence-electron chi connectivity index (χ3n) is 3.05. The fourth-order valence-electron chi connectivity index (χ4n) is 1.81. The highest BCUT2D eigenvalue weighted by Crippen LogP contribution is 2.11. The summed E-state index contributed by atoms with van der Waals surface area (Å²) >= 11 is 0. The second kappa shape index (κ2) is 11.0. The second-order valence-corrected chi connectivity index (χ2v) is 4.97. The number of rotatable bonds is 9. The first-order valence-electron chi connectivity index (χ1n) is 7.72. The number of benzene rings is 1. The summed E-state index contributed by atoms with van der Waals surface area (Å²) in [6, 6.07) is 8.07. The Hall–Kier alpha value is -2.61. The van der Waals surface area contributed by atoms with Crippen LogP contribution in [0.2, 0.25) is 0 Å². The molecular formula is C18H21NO4. The van der Waals surface area contributed by atoms with Crippen molar-refractivity contribution in [2.45, 2.75) is 39.0 Å². The lowest BCUT2D eigenvalue weighted by Crippen LogP contribution is -2.07. The van der Waals surface area contributed by atoms with Crippen LogP contribution in [-0.2, 0) is 14.3 Å². The Balaban J connectivity index is 2.25. The molecule has 0 aliphatic carbocycles. The Morgan fingerprint density at radius 2 is 1.70 bits per heavy atom. The van der Waals surface area contributed by atoms with Gasteiger partial charge in [-0.2, -0.15) is 5.26 Å². The van der Waals surface area contributed by atoms with Gasteiger partial charge in [0.25, 0.3) is 0 Å². The molecule has 1 aromatic rings. The van der Waals surface area contributed by atoms with E-state index in [9.17, 15) is 9.59 Å². The fourth-order valence-corrected chi connectivity index (χ4v) is 1.81. The number of nitriles is 1. The van der Waals surface area contributed by atoms with E-state index in [0.29, 0.717) is 17.9 Å². The standard InChI is InChI=1S/C18H21NO4/c1-2-3-4-5-6-13-22-17(20)11-12-18(21)23-16-9-7-15(14-19)8-10-16/h7-12H,2-6,13H2,1H3/b12-11+. The third-order valence-corrected chi connectivity index (χ3v) is 3.05. The molecule has 0 saturated carbocycles. The number of ether oxygens (including phenoxy) is 2. The van der Waals surface area contributed by atoms with Crippen LogP contribution in [0, 0.1) is 11.3 Å². The van der Waals surface area contributed by atoms with Gasteiger partial charge in [0.15, 0.2) is 0 Å². The van der Waals surface area contributed by atoms with E-state index in [2.05, 4.69) is 6.92 Å². The largest absolute Gasteiger partial charge is 0.463 e. The zero-order valence-electron chi connectivity index (χ0n) is 13.3. The normalized spacial score (nSPS) is 10.3. The summed E-state index contributed by atoms with van der Waals surface area (Å²) in [4.78, 5) is 23.0. The first kappa shape index (κ1) is 18.4. The Morgan fingerprint density at radius 1 is 1.04 bits per heavy atom. The summed E-state index contributed by atoms with van der Waals surface area (Å²) in [7, 11) is 0. The van der Waals surface area contributed by atoms with Crippen molar-refractivity contribution in [2.75, 3.05) is 6.61 Å². The van der Waals surface area contributed by atoms with Crippen LogP contribution >= 0.6 is 0 Å². The molecule has 23 heavy (non-hydrogen) atoms. The number of hydrogen-bond donors (Lipinski definition) is 0. The molecule has 5 heteroatoms.